The van der Waals surface area contributed by atoms with Gasteiger partial charge in [0.25, 0.3) is 0 Å². The van der Waals surface area contributed by atoms with Crippen LogP contribution in [0.1, 0.15) is 13.8 Å². The highest BCUT2D eigenvalue weighted by atomic mass is 35.5. The molecule has 8 heteroatoms. The number of nitrogens with zero attached hydrogens (tertiary/aromatic N) is 5. The molecular weight excluding hydrogens is 403 g/mol. The fraction of sp³-hybridized carbons (Fsp3) is 0.318. The van der Waals surface area contributed by atoms with Gasteiger partial charge in [-0.2, -0.15) is 5.10 Å². The average Bonchev–Trinajstić information content (AvgIpc) is 3.08. The summed E-state index contributed by atoms with van der Waals surface area (Å²) >= 11 is 6.76. The van der Waals surface area contributed by atoms with Crippen LogP contribution in [0.2, 0.25) is 5.02 Å². The largest absolute Gasteiger partial charge is 0.366 e. The predicted octanol–water partition coefficient (Wildman–Crippen LogP) is 4.16. The third kappa shape index (κ3) is 3.28. The van der Waals surface area contributed by atoms with E-state index < -0.39 is 0 Å². The van der Waals surface area contributed by atoms with Crippen molar-refractivity contribution >= 4 is 39.2 Å². The molecule has 0 amide bonds. The Hall–Kier alpha value is -2.77. The Bertz CT molecular complexity index is 1260. The van der Waals surface area contributed by atoms with Crippen LogP contribution in [0.3, 0.4) is 0 Å². The maximum atomic E-state index is 14.5. The Balaban J connectivity index is 1.56. The highest BCUT2D eigenvalue weighted by Crippen LogP contribution is 2.34. The minimum absolute atomic E-state index is 0.354. The van der Waals surface area contributed by atoms with Crippen LogP contribution in [0.4, 0.5) is 10.1 Å². The molecule has 1 N–H and O–H groups in total. The fourth-order valence-electron chi connectivity index (χ4n) is 4.30. The van der Waals surface area contributed by atoms with Crippen LogP contribution in [0.15, 0.2) is 36.7 Å². The highest BCUT2D eigenvalue weighted by molar-refractivity contribution is 6.37. The Kier molecular flexibility index (Phi) is 4.60. The molecule has 154 valence electrons. The normalized spacial score (nSPS) is 19.7. The lowest BCUT2D eigenvalue weighted by Gasteiger charge is -2.37. The van der Waals surface area contributed by atoms with Gasteiger partial charge in [-0.1, -0.05) is 11.6 Å². The SMILES string of the molecule is C[C@@H]1CN(c2cnc3nc(-c4cc(F)c5nn(C)cc5c4)ccc3c2Cl)C[C@@H](C)N1. The van der Waals surface area contributed by atoms with Crippen molar-refractivity contribution in [3.05, 3.63) is 47.5 Å². The van der Waals surface area contributed by atoms with Crippen LogP contribution in [-0.2, 0) is 7.05 Å². The van der Waals surface area contributed by atoms with Crippen LogP contribution in [-0.4, -0.2) is 44.9 Å². The number of nitrogens with one attached hydrogen (secondary N) is 1. The van der Waals surface area contributed by atoms with Crippen molar-refractivity contribution < 1.29 is 4.39 Å². The van der Waals surface area contributed by atoms with E-state index in [4.69, 9.17) is 11.6 Å². The first-order valence-electron chi connectivity index (χ1n) is 9.98. The van der Waals surface area contributed by atoms with Gasteiger partial charge in [0, 0.05) is 54.8 Å². The third-order valence-corrected chi connectivity index (χ3v) is 5.91. The smallest absolute Gasteiger partial charge is 0.161 e. The van der Waals surface area contributed by atoms with Gasteiger partial charge in [0.1, 0.15) is 5.52 Å². The number of pyridine rings is 2. The highest BCUT2D eigenvalue weighted by Gasteiger charge is 2.24. The van der Waals surface area contributed by atoms with Gasteiger partial charge in [0.2, 0.25) is 0 Å². The van der Waals surface area contributed by atoms with Crippen LogP contribution in [0.5, 0.6) is 0 Å². The summed E-state index contributed by atoms with van der Waals surface area (Å²) in [6, 6.07) is 7.87. The van der Waals surface area contributed by atoms with E-state index in [2.05, 4.69) is 39.1 Å². The van der Waals surface area contributed by atoms with Gasteiger partial charge in [0.15, 0.2) is 11.5 Å². The van der Waals surface area contributed by atoms with Gasteiger partial charge in [-0.15, -0.1) is 0 Å². The zero-order valence-corrected chi connectivity index (χ0v) is 17.8. The number of halogens is 2. The molecule has 1 saturated heterocycles. The van der Waals surface area contributed by atoms with Crippen molar-refractivity contribution in [3.8, 4) is 11.3 Å². The monoisotopic (exact) mass is 424 g/mol. The average molecular weight is 425 g/mol. The summed E-state index contributed by atoms with van der Waals surface area (Å²) < 4.78 is 16.1. The molecule has 0 unspecified atom stereocenters. The van der Waals surface area contributed by atoms with Crippen LogP contribution >= 0.6 is 11.6 Å². The molecule has 5 rings (SSSR count). The van der Waals surface area contributed by atoms with Crippen LogP contribution in [0.25, 0.3) is 33.2 Å². The molecule has 0 radical (unpaired) electrons. The number of anilines is 1. The second-order valence-electron chi connectivity index (χ2n) is 8.10. The topological polar surface area (TPSA) is 58.9 Å². The maximum absolute atomic E-state index is 14.5. The van der Waals surface area contributed by atoms with Gasteiger partial charge < -0.3 is 10.2 Å². The number of aryl methyl sites for hydroxylation is 1. The van der Waals surface area contributed by atoms with E-state index >= 15 is 0 Å². The summed E-state index contributed by atoms with van der Waals surface area (Å²) in [5.41, 5.74) is 3.15. The molecule has 6 nitrogen and oxygen atoms in total. The van der Waals surface area contributed by atoms with E-state index in [-0.39, 0.29) is 5.82 Å². The van der Waals surface area contributed by atoms with Crippen molar-refractivity contribution in [2.45, 2.75) is 25.9 Å². The molecule has 0 spiro atoms. The summed E-state index contributed by atoms with van der Waals surface area (Å²) in [7, 11) is 1.77. The molecule has 30 heavy (non-hydrogen) atoms. The summed E-state index contributed by atoms with van der Waals surface area (Å²) in [5.74, 6) is -0.367. The van der Waals surface area contributed by atoms with Gasteiger partial charge in [-0.25, -0.2) is 14.4 Å². The van der Waals surface area contributed by atoms with Gasteiger partial charge >= 0.3 is 0 Å². The quantitative estimate of drug-likeness (QED) is 0.523. The first-order valence-corrected chi connectivity index (χ1v) is 10.4. The number of piperazine rings is 1. The van der Waals surface area contributed by atoms with Crippen molar-refractivity contribution in [2.24, 2.45) is 7.05 Å². The first-order chi connectivity index (χ1) is 14.4. The minimum Gasteiger partial charge on any atom is -0.366 e. The molecule has 0 saturated carbocycles. The standard InChI is InChI=1S/C22H22ClFN6/c1-12-9-30(10-13(2)26-12)19-8-25-22-16(20(19)23)4-5-18(27-22)14-6-15-11-29(3)28-21(15)17(24)7-14/h4-8,11-13,26H,9-10H2,1-3H3/t12-,13-/m1/s1. The Morgan fingerprint density at radius 3 is 2.70 bits per heavy atom. The molecular formula is C22H22ClFN6. The molecule has 1 aliphatic heterocycles. The number of hydrogen-bond acceptors (Lipinski definition) is 5. The van der Waals surface area contributed by atoms with Gasteiger partial charge in [-0.3, -0.25) is 4.68 Å². The van der Waals surface area contributed by atoms with E-state index in [1.807, 2.05) is 18.2 Å². The summed E-state index contributed by atoms with van der Waals surface area (Å²) in [5, 5.41) is 9.85. The third-order valence-electron chi connectivity index (χ3n) is 5.52. The molecule has 0 aliphatic carbocycles. The number of benzene rings is 1. The molecule has 1 aromatic carbocycles. The van der Waals surface area contributed by atoms with Crippen LogP contribution in [0, 0.1) is 5.82 Å². The number of hydrogen-bond donors (Lipinski definition) is 1. The van der Waals surface area contributed by atoms with Gasteiger partial charge in [-0.05, 0) is 38.1 Å². The summed E-state index contributed by atoms with van der Waals surface area (Å²) in [6.07, 6.45) is 3.58. The number of fused-ring (bicyclic) bond motifs is 2. The first kappa shape index (κ1) is 19.2. The Labute approximate surface area is 178 Å². The lowest BCUT2D eigenvalue weighted by atomic mass is 10.1. The fourth-order valence-corrected chi connectivity index (χ4v) is 4.62. The van der Waals surface area contributed by atoms with E-state index in [1.165, 1.54) is 6.07 Å². The second-order valence-corrected chi connectivity index (χ2v) is 8.48. The Morgan fingerprint density at radius 2 is 1.93 bits per heavy atom. The van der Waals surface area contributed by atoms with Crippen molar-refractivity contribution in [1.29, 1.82) is 0 Å². The molecule has 4 heterocycles. The molecule has 2 atom stereocenters. The van der Waals surface area contributed by atoms with E-state index in [1.54, 1.807) is 24.1 Å². The zero-order chi connectivity index (χ0) is 21.0. The lowest BCUT2D eigenvalue weighted by molar-refractivity contribution is 0.407. The number of aromatic nitrogens is 4. The molecule has 1 aliphatic rings. The van der Waals surface area contributed by atoms with E-state index in [0.29, 0.717) is 39.5 Å². The molecule has 4 aromatic rings. The van der Waals surface area contributed by atoms with Crippen molar-refractivity contribution in [2.75, 3.05) is 18.0 Å². The number of rotatable bonds is 2. The second kappa shape index (κ2) is 7.18. The summed E-state index contributed by atoms with van der Waals surface area (Å²) in [4.78, 5) is 11.5. The molecule has 0 bridgehead atoms. The summed E-state index contributed by atoms with van der Waals surface area (Å²) in [6.45, 7) is 6.06. The lowest BCUT2D eigenvalue weighted by Crippen LogP contribution is -2.54. The predicted molar refractivity (Wildman–Crippen MR) is 118 cm³/mol. The van der Waals surface area contributed by atoms with Crippen molar-refractivity contribution in [1.82, 2.24) is 25.1 Å². The minimum atomic E-state index is -0.367. The van der Waals surface area contributed by atoms with Crippen LogP contribution < -0.4 is 10.2 Å². The molecule has 1 fully saturated rings. The van der Waals surface area contributed by atoms with E-state index in [9.17, 15) is 4.39 Å². The van der Waals surface area contributed by atoms with E-state index in [0.717, 1.165) is 29.5 Å². The maximum Gasteiger partial charge on any atom is 0.161 e. The Morgan fingerprint density at radius 1 is 1.17 bits per heavy atom. The van der Waals surface area contributed by atoms with Crippen molar-refractivity contribution in [3.63, 3.8) is 0 Å². The molecule has 3 aromatic heterocycles. The van der Waals surface area contributed by atoms with Gasteiger partial charge in [0.05, 0.1) is 22.6 Å². The zero-order valence-electron chi connectivity index (χ0n) is 17.0.